The van der Waals surface area contributed by atoms with Crippen LogP contribution in [0.4, 0.5) is 0 Å². The summed E-state index contributed by atoms with van der Waals surface area (Å²) in [4.78, 5) is 1.22. The smallest absolute Gasteiger partial charge is 0.132 e. The Balaban J connectivity index is 0.00000256. The van der Waals surface area contributed by atoms with Crippen LogP contribution in [0.1, 0.15) is 11.1 Å². The Bertz CT molecular complexity index is 1060. The predicted octanol–water partition coefficient (Wildman–Crippen LogP) is 2.07. The highest BCUT2D eigenvalue weighted by atomic mass is 35.5. The Kier molecular flexibility index (Phi) is 7.66. The molecule has 0 aliphatic rings. The monoisotopic (exact) mass is 437 g/mol. The molecule has 0 fully saturated rings. The van der Waals surface area contributed by atoms with Crippen LogP contribution in [-0.2, 0) is 13.2 Å². The lowest BCUT2D eigenvalue weighted by Crippen LogP contribution is -3.04. The molecule has 0 spiro atoms. The average molecular weight is 438 g/mol. The summed E-state index contributed by atoms with van der Waals surface area (Å²) in [6.07, 6.45) is 0. The Morgan fingerprint density at radius 2 is 1.50 bits per heavy atom. The zero-order valence-electron chi connectivity index (χ0n) is 16.7. The van der Waals surface area contributed by atoms with E-state index >= 15 is 0 Å². The Morgan fingerprint density at radius 1 is 0.800 bits per heavy atom. The van der Waals surface area contributed by atoms with Crippen molar-refractivity contribution in [3.8, 4) is 27.3 Å². The fraction of sp³-hybridized carbons (Fsp3) is 0.120. The molecule has 2 N–H and O–H groups in total. The van der Waals surface area contributed by atoms with E-state index in [0.717, 1.165) is 22.4 Å². The van der Waals surface area contributed by atoms with E-state index in [4.69, 9.17) is 4.74 Å². The molecule has 0 bridgehead atoms. The molecular weight excluding hydrogens is 414 g/mol. The van der Waals surface area contributed by atoms with E-state index in [0.29, 0.717) is 18.2 Å². The second-order valence-corrected chi connectivity index (χ2v) is 7.96. The fourth-order valence-corrected chi connectivity index (χ4v) is 4.28. The van der Waals surface area contributed by atoms with Gasteiger partial charge in [0.1, 0.15) is 18.9 Å². The molecule has 0 saturated carbocycles. The Morgan fingerprint density at radius 3 is 2.23 bits per heavy atom. The average Bonchev–Trinajstić information content (AvgIpc) is 3.23. The van der Waals surface area contributed by atoms with Crippen LogP contribution in [0, 0.1) is 0 Å². The maximum atomic E-state index is 9.52. The van der Waals surface area contributed by atoms with E-state index in [1.54, 1.807) is 18.4 Å². The Labute approximate surface area is 187 Å². The van der Waals surface area contributed by atoms with E-state index in [1.807, 2.05) is 30.3 Å². The van der Waals surface area contributed by atoms with Gasteiger partial charge in [-0.2, -0.15) is 5.06 Å². The lowest BCUT2D eigenvalue weighted by molar-refractivity contribution is -1.08. The number of para-hydroxylation sites is 1. The molecule has 0 radical (unpaired) electrons. The summed E-state index contributed by atoms with van der Waals surface area (Å²) in [6.45, 7) is 1.14. The van der Waals surface area contributed by atoms with E-state index in [-0.39, 0.29) is 12.4 Å². The van der Waals surface area contributed by atoms with Crippen molar-refractivity contribution in [1.82, 2.24) is 0 Å². The Hall–Kier alpha value is -2.63. The molecule has 0 aliphatic carbocycles. The number of hydrogen-bond acceptors (Lipinski definition) is 3. The summed E-state index contributed by atoms with van der Waals surface area (Å²) >= 11 is 1.73. The SMILES string of the molecule is C[NH+](O)Cc1ccc(-c2sccc2-c2ccccc2OCc2ccccc2)cc1.[Cl-]. The number of benzene rings is 3. The molecule has 30 heavy (non-hydrogen) atoms. The lowest BCUT2D eigenvalue weighted by Gasteiger charge is -2.13. The predicted molar refractivity (Wildman–Crippen MR) is 118 cm³/mol. The van der Waals surface area contributed by atoms with Crippen LogP contribution in [0.3, 0.4) is 0 Å². The third-order valence-corrected chi connectivity index (χ3v) is 5.72. The molecule has 1 unspecified atom stereocenters. The van der Waals surface area contributed by atoms with E-state index in [9.17, 15) is 5.21 Å². The van der Waals surface area contributed by atoms with Crippen molar-refractivity contribution in [3.05, 3.63) is 101 Å². The first-order valence-electron chi connectivity index (χ1n) is 9.65. The zero-order valence-corrected chi connectivity index (χ0v) is 18.3. The minimum absolute atomic E-state index is 0. The van der Waals surface area contributed by atoms with Gasteiger partial charge in [-0.1, -0.05) is 72.8 Å². The highest BCUT2D eigenvalue weighted by molar-refractivity contribution is 7.14. The standard InChI is InChI=1S/C25H23NO2S.ClH/c1-26(27)17-19-11-13-21(14-12-19)25-23(15-16-29-25)22-9-5-6-10-24(22)28-18-20-7-3-2-4-8-20;/h2-16,27H,17-18H2,1H3;1H. The maximum absolute atomic E-state index is 9.52. The minimum Gasteiger partial charge on any atom is -1.00 e. The van der Waals surface area contributed by atoms with Crippen molar-refractivity contribution in [3.63, 3.8) is 0 Å². The van der Waals surface area contributed by atoms with Gasteiger partial charge in [0.25, 0.3) is 0 Å². The first kappa shape index (κ1) is 22.1. The highest BCUT2D eigenvalue weighted by Gasteiger charge is 2.14. The molecule has 154 valence electrons. The molecule has 4 rings (SSSR count). The van der Waals surface area contributed by atoms with Gasteiger partial charge < -0.3 is 17.1 Å². The summed E-state index contributed by atoms with van der Waals surface area (Å²) < 4.78 is 6.17. The van der Waals surface area contributed by atoms with Gasteiger partial charge in [0.15, 0.2) is 0 Å². The zero-order chi connectivity index (χ0) is 20.1. The third kappa shape index (κ3) is 5.29. The van der Waals surface area contributed by atoms with Crippen LogP contribution in [0.15, 0.2) is 90.3 Å². The maximum Gasteiger partial charge on any atom is 0.132 e. The van der Waals surface area contributed by atoms with E-state index in [1.165, 1.54) is 16.0 Å². The minimum atomic E-state index is 0. The summed E-state index contributed by atoms with van der Waals surface area (Å²) in [5, 5.41) is 12.1. The van der Waals surface area contributed by atoms with Crippen LogP contribution in [-0.4, -0.2) is 12.3 Å². The van der Waals surface area contributed by atoms with Crippen molar-refractivity contribution < 1.29 is 27.4 Å². The van der Waals surface area contributed by atoms with Gasteiger partial charge >= 0.3 is 0 Å². The van der Waals surface area contributed by atoms with Gasteiger partial charge in [0, 0.05) is 21.6 Å². The van der Waals surface area contributed by atoms with Crippen LogP contribution in [0.25, 0.3) is 21.6 Å². The second kappa shape index (κ2) is 10.4. The number of quaternary nitrogens is 1. The van der Waals surface area contributed by atoms with Crippen molar-refractivity contribution in [2.75, 3.05) is 7.05 Å². The molecule has 1 aromatic heterocycles. The quantitative estimate of drug-likeness (QED) is 0.434. The van der Waals surface area contributed by atoms with Gasteiger partial charge in [-0.25, -0.2) is 5.21 Å². The first-order valence-corrected chi connectivity index (χ1v) is 10.5. The molecule has 3 nitrogen and oxygen atoms in total. The molecular formula is C25H24ClNO2S. The van der Waals surface area contributed by atoms with Gasteiger partial charge in [-0.05, 0) is 28.6 Å². The van der Waals surface area contributed by atoms with Crippen molar-refractivity contribution >= 4 is 11.3 Å². The van der Waals surface area contributed by atoms with Crippen LogP contribution in [0.2, 0.25) is 0 Å². The van der Waals surface area contributed by atoms with Crippen molar-refractivity contribution in [2.45, 2.75) is 13.2 Å². The van der Waals surface area contributed by atoms with Crippen molar-refractivity contribution in [2.24, 2.45) is 0 Å². The third-order valence-electron chi connectivity index (χ3n) is 4.76. The topological polar surface area (TPSA) is 33.9 Å². The second-order valence-electron chi connectivity index (χ2n) is 7.04. The van der Waals surface area contributed by atoms with Gasteiger partial charge in [-0.3, -0.25) is 0 Å². The van der Waals surface area contributed by atoms with Crippen LogP contribution >= 0.6 is 11.3 Å². The number of nitrogens with one attached hydrogen (secondary N) is 1. The number of thiophene rings is 1. The number of halogens is 1. The van der Waals surface area contributed by atoms with Gasteiger partial charge in [-0.15, -0.1) is 11.3 Å². The van der Waals surface area contributed by atoms with E-state index < -0.39 is 0 Å². The fourth-order valence-electron chi connectivity index (χ4n) is 3.36. The van der Waals surface area contributed by atoms with E-state index in [2.05, 4.69) is 60.0 Å². The summed E-state index contributed by atoms with van der Waals surface area (Å²) in [5.41, 5.74) is 5.71. The lowest BCUT2D eigenvalue weighted by atomic mass is 10.0. The first-order chi connectivity index (χ1) is 14.2. The number of hydroxylamine groups is 2. The molecule has 5 heteroatoms. The van der Waals surface area contributed by atoms with Gasteiger partial charge in [0.05, 0.1) is 7.05 Å². The molecule has 0 aliphatic heterocycles. The molecule has 3 aromatic carbocycles. The van der Waals surface area contributed by atoms with Crippen molar-refractivity contribution in [1.29, 1.82) is 0 Å². The number of ether oxygens (including phenoxy) is 1. The highest BCUT2D eigenvalue weighted by Crippen LogP contribution is 2.40. The normalized spacial score (nSPS) is 11.5. The number of hydrogen-bond donors (Lipinski definition) is 2. The molecule has 1 atom stereocenters. The van der Waals surface area contributed by atoms with Gasteiger partial charge in [0.2, 0.25) is 0 Å². The molecule has 1 heterocycles. The molecule has 0 amide bonds. The summed E-state index contributed by atoms with van der Waals surface area (Å²) in [7, 11) is 1.73. The number of rotatable bonds is 7. The summed E-state index contributed by atoms with van der Waals surface area (Å²) in [5.74, 6) is 0.887. The van der Waals surface area contributed by atoms with Crippen LogP contribution < -0.4 is 22.2 Å². The van der Waals surface area contributed by atoms with Crippen LogP contribution in [0.5, 0.6) is 5.75 Å². The summed E-state index contributed by atoms with van der Waals surface area (Å²) in [6, 6.07) is 29.0. The molecule has 4 aromatic rings. The molecule has 0 saturated heterocycles. The largest absolute Gasteiger partial charge is 1.00 e.